The van der Waals surface area contributed by atoms with Crippen LogP contribution >= 0.6 is 0 Å². The van der Waals surface area contributed by atoms with Gasteiger partial charge in [-0.3, -0.25) is 9.59 Å². The third-order valence-electron chi connectivity index (χ3n) is 2.91. The minimum Gasteiger partial charge on any atom is -0.360 e. The second-order valence-corrected chi connectivity index (χ2v) is 4.26. The molecule has 0 atom stereocenters. The number of hydrogen-bond acceptors (Lipinski definition) is 4. The summed E-state index contributed by atoms with van der Waals surface area (Å²) in [5.41, 5.74) is 2.14. The highest BCUT2D eigenvalue weighted by molar-refractivity contribution is 6.01. The second-order valence-electron chi connectivity index (χ2n) is 4.26. The molecule has 1 aromatic carbocycles. The maximum atomic E-state index is 11.9. The molecule has 0 bridgehead atoms. The highest BCUT2D eigenvalue weighted by atomic mass is 16.5. The summed E-state index contributed by atoms with van der Waals surface area (Å²) in [6, 6.07) is 6.83. The summed E-state index contributed by atoms with van der Waals surface area (Å²) < 4.78 is 4.89. The molecule has 96 valence electrons. The van der Waals surface area contributed by atoms with Crippen molar-refractivity contribution in [3.05, 3.63) is 47.3 Å². The molecule has 1 aliphatic heterocycles. The molecule has 19 heavy (non-hydrogen) atoms. The zero-order valence-corrected chi connectivity index (χ0v) is 9.97. The molecule has 0 radical (unpaired) electrons. The molecule has 2 heterocycles. The molecule has 0 fully saturated rings. The Hall–Kier alpha value is -2.63. The number of carbonyl (C=O) groups is 2. The van der Waals surface area contributed by atoms with Crippen molar-refractivity contribution < 1.29 is 14.1 Å². The van der Waals surface area contributed by atoms with Gasteiger partial charge in [-0.2, -0.15) is 0 Å². The van der Waals surface area contributed by atoms with Crippen LogP contribution < -0.4 is 10.6 Å². The van der Waals surface area contributed by atoms with Gasteiger partial charge in [0.1, 0.15) is 0 Å². The van der Waals surface area contributed by atoms with E-state index in [1.165, 1.54) is 6.20 Å². The number of nitrogens with one attached hydrogen (secondary N) is 2. The topological polar surface area (TPSA) is 84.2 Å². The van der Waals surface area contributed by atoms with E-state index < -0.39 is 0 Å². The summed E-state index contributed by atoms with van der Waals surface area (Å²) in [6.45, 7) is 0.285. The van der Waals surface area contributed by atoms with Crippen molar-refractivity contribution in [3.8, 4) is 0 Å². The summed E-state index contributed by atoms with van der Waals surface area (Å²) in [6.07, 6.45) is 1.84. The standard InChI is InChI=1S/C13H11N3O3/c17-12-6-9-5-8(1-2-11(9)16-12)13(18)14-7-10-3-4-15-19-10/h1-5H,6-7H2,(H,14,18)(H,16,17). The second kappa shape index (κ2) is 4.56. The summed E-state index contributed by atoms with van der Waals surface area (Å²) in [5, 5.41) is 9.01. The fourth-order valence-electron chi connectivity index (χ4n) is 1.97. The monoisotopic (exact) mass is 257 g/mol. The predicted molar refractivity (Wildman–Crippen MR) is 66.4 cm³/mol. The van der Waals surface area contributed by atoms with E-state index in [0.717, 1.165) is 11.3 Å². The van der Waals surface area contributed by atoms with Gasteiger partial charge in [0, 0.05) is 17.3 Å². The SMILES string of the molecule is O=C1Cc2cc(C(=O)NCc3ccno3)ccc2N1. The van der Waals surface area contributed by atoms with Crippen molar-refractivity contribution in [2.24, 2.45) is 0 Å². The zero-order chi connectivity index (χ0) is 13.2. The van der Waals surface area contributed by atoms with Crippen molar-refractivity contribution >= 4 is 17.5 Å². The van der Waals surface area contributed by atoms with Crippen LogP contribution in [0.3, 0.4) is 0 Å². The van der Waals surface area contributed by atoms with Crippen LogP contribution in [-0.2, 0) is 17.8 Å². The maximum absolute atomic E-state index is 11.9. The van der Waals surface area contributed by atoms with E-state index in [1.807, 2.05) is 0 Å². The van der Waals surface area contributed by atoms with E-state index in [-0.39, 0.29) is 18.4 Å². The minimum atomic E-state index is -0.210. The molecule has 3 rings (SSSR count). The lowest BCUT2D eigenvalue weighted by Gasteiger charge is -2.05. The molecule has 0 spiro atoms. The Kier molecular flexibility index (Phi) is 2.75. The molecule has 0 saturated carbocycles. The third-order valence-corrected chi connectivity index (χ3v) is 2.91. The minimum absolute atomic E-state index is 0.0470. The van der Waals surface area contributed by atoms with Gasteiger partial charge in [-0.25, -0.2) is 0 Å². The molecular formula is C13H11N3O3. The van der Waals surface area contributed by atoms with E-state index in [2.05, 4.69) is 15.8 Å². The number of nitrogens with zero attached hydrogens (tertiary/aromatic N) is 1. The first-order valence-electron chi connectivity index (χ1n) is 5.83. The first-order valence-corrected chi connectivity index (χ1v) is 5.83. The lowest BCUT2D eigenvalue weighted by atomic mass is 10.1. The van der Waals surface area contributed by atoms with Crippen LogP contribution in [0.5, 0.6) is 0 Å². The van der Waals surface area contributed by atoms with E-state index in [1.54, 1.807) is 24.3 Å². The molecule has 2 N–H and O–H groups in total. The first kappa shape index (κ1) is 11.5. The van der Waals surface area contributed by atoms with Gasteiger partial charge in [0.05, 0.1) is 19.2 Å². The highest BCUT2D eigenvalue weighted by Gasteiger charge is 2.19. The van der Waals surface area contributed by atoms with Crippen LogP contribution in [0.4, 0.5) is 5.69 Å². The van der Waals surface area contributed by atoms with Crippen molar-refractivity contribution in [2.75, 3.05) is 5.32 Å². The molecule has 6 nitrogen and oxygen atoms in total. The van der Waals surface area contributed by atoms with Crippen LogP contribution in [0.1, 0.15) is 21.7 Å². The number of amides is 2. The molecule has 6 heteroatoms. The first-order chi connectivity index (χ1) is 9.22. The summed E-state index contributed by atoms with van der Waals surface area (Å²) in [7, 11) is 0. The van der Waals surface area contributed by atoms with Gasteiger partial charge in [-0.15, -0.1) is 0 Å². The van der Waals surface area contributed by atoms with Crippen molar-refractivity contribution in [2.45, 2.75) is 13.0 Å². The van der Waals surface area contributed by atoms with Crippen molar-refractivity contribution in [1.82, 2.24) is 10.5 Å². The molecular weight excluding hydrogens is 246 g/mol. The normalized spacial score (nSPS) is 12.9. The molecule has 0 aliphatic carbocycles. The van der Waals surface area contributed by atoms with Crippen LogP contribution in [-0.4, -0.2) is 17.0 Å². The quantitative estimate of drug-likeness (QED) is 0.862. The smallest absolute Gasteiger partial charge is 0.251 e. The Balaban J connectivity index is 1.70. The lowest BCUT2D eigenvalue weighted by molar-refractivity contribution is -0.115. The van der Waals surface area contributed by atoms with Gasteiger partial charge in [0.25, 0.3) is 5.91 Å². The number of anilines is 1. The average Bonchev–Trinajstić information content (AvgIpc) is 3.02. The van der Waals surface area contributed by atoms with Gasteiger partial charge >= 0.3 is 0 Å². The molecule has 2 amide bonds. The van der Waals surface area contributed by atoms with Crippen LogP contribution in [0.2, 0.25) is 0 Å². The number of carbonyl (C=O) groups excluding carboxylic acids is 2. The van der Waals surface area contributed by atoms with E-state index >= 15 is 0 Å². The number of hydrogen-bond donors (Lipinski definition) is 2. The molecule has 1 aliphatic rings. The Labute approximate surface area is 108 Å². The number of rotatable bonds is 3. The number of aromatic nitrogens is 1. The largest absolute Gasteiger partial charge is 0.360 e. The van der Waals surface area contributed by atoms with E-state index in [9.17, 15) is 9.59 Å². The number of fused-ring (bicyclic) bond motifs is 1. The fraction of sp³-hybridized carbons (Fsp3) is 0.154. The Bertz CT molecular complexity index is 635. The van der Waals surface area contributed by atoms with E-state index in [0.29, 0.717) is 17.7 Å². The average molecular weight is 257 g/mol. The maximum Gasteiger partial charge on any atom is 0.251 e. The fourth-order valence-corrected chi connectivity index (χ4v) is 1.97. The van der Waals surface area contributed by atoms with Gasteiger partial charge in [-0.1, -0.05) is 5.16 Å². The lowest BCUT2D eigenvalue weighted by Crippen LogP contribution is -2.22. The van der Waals surface area contributed by atoms with Gasteiger partial charge < -0.3 is 15.2 Å². The van der Waals surface area contributed by atoms with Gasteiger partial charge in [0.15, 0.2) is 5.76 Å². The van der Waals surface area contributed by atoms with E-state index in [4.69, 9.17) is 4.52 Å². The Morgan fingerprint density at radius 2 is 2.32 bits per heavy atom. The highest BCUT2D eigenvalue weighted by Crippen LogP contribution is 2.23. The van der Waals surface area contributed by atoms with Crippen molar-refractivity contribution in [3.63, 3.8) is 0 Å². The third kappa shape index (κ3) is 2.33. The predicted octanol–water partition coefficient (Wildman–Crippen LogP) is 1.10. The zero-order valence-electron chi connectivity index (χ0n) is 9.97. The molecule has 0 unspecified atom stereocenters. The van der Waals surface area contributed by atoms with Crippen LogP contribution in [0.15, 0.2) is 35.0 Å². The Morgan fingerprint density at radius 1 is 1.42 bits per heavy atom. The molecule has 0 saturated heterocycles. The molecule has 1 aromatic heterocycles. The summed E-state index contributed by atoms with van der Waals surface area (Å²) in [4.78, 5) is 23.2. The summed E-state index contributed by atoms with van der Waals surface area (Å²) in [5.74, 6) is 0.333. The van der Waals surface area contributed by atoms with Crippen LogP contribution in [0.25, 0.3) is 0 Å². The van der Waals surface area contributed by atoms with Crippen LogP contribution in [0, 0.1) is 0 Å². The molecule has 2 aromatic rings. The Morgan fingerprint density at radius 3 is 3.11 bits per heavy atom. The van der Waals surface area contributed by atoms with Crippen molar-refractivity contribution in [1.29, 1.82) is 0 Å². The van der Waals surface area contributed by atoms with Gasteiger partial charge in [-0.05, 0) is 23.8 Å². The summed E-state index contributed by atoms with van der Waals surface area (Å²) >= 11 is 0. The number of benzene rings is 1. The van der Waals surface area contributed by atoms with Gasteiger partial charge in [0.2, 0.25) is 5.91 Å².